The number of halogens is 2. The van der Waals surface area contributed by atoms with Crippen molar-refractivity contribution >= 4 is 17.4 Å². The number of hydrogen-bond donors (Lipinski definition) is 2. The van der Waals surface area contributed by atoms with Gasteiger partial charge in [0.15, 0.2) is 5.82 Å². The van der Waals surface area contributed by atoms with Gasteiger partial charge in [0.1, 0.15) is 5.82 Å². The fourth-order valence-corrected chi connectivity index (χ4v) is 2.68. The van der Waals surface area contributed by atoms with Crippen LogP contribution in [0.4, 0.5) is 10.2 Å². The van der Waals surface area contributed by atoms with Gasteiger partial charge >= 0.3 is 0 Å². The Kier molecular flexibility index (Phi) is 3.63. The van der Waals surface area contributed by atoms with Gasteiger partial charge in [0.25, 0.3) is 0 Å². The lowest BCUT2D eigenvalue weighted by Gasteiger charge is -2.30. The molecule has 1 atom stereocenters. The fourth-order valence-electron chi connectivity index (χ4n) is 2.50. The molecule has 1 aliphatic heterocycles. The van der Waals surface area contributed by atoms with E-state index in [1.54, 1.807) is 12.1 Å². The van der Waals surface area contributed by atoms with Crippen LogP contribution in [0.5, 0.6) is 0 Å². The Hall–Kier alpha value is -1.59. The molecule has 6 heteroatoms. The molecule has 106 valence electrons. The second-order valence-corrected chi connectivity index (χ2v) is 5.52. The summed E-state index contributed by atoms with van der Waals surface area (Å²) in [6.45, 7) is 1.77. The number of benzene rings is 1. The fraction of sp³-hybridized carbons (Fsp3) is 0.357. The van der Waals surface area contributed by atoms with E-state index in [9.17, 15) is 4.39 Å². The molecule has 1 aromatic carbocycles. The van der Waals surface area contributed by atoms with Crippen molar-refractivity contribution in [3.63, 3.8) is 0 Å². The minimum absolute atomic E-state index is 0.110. The highest BCUT2D eigenvalue weighted by Gasteiger charge is 2.19. The van der Waals surface area contributed by atoms with Crippen molar-refractivity contribution in [2.75, 3.05) is 18.0 Å². The van der Waals surface area contributed by atoms with E-state index in [0.29, 0.717) is 0 Å². The Balaban J connectivity index is 1.84. The van der Waals surface area contributed by atoms with E-state index in [2.05, 4.69) is 15.1 Å². The third-order valence-corrected chi connectivity index (χ3v) is 3.87. The van der Waals surface area contributed by atoms with Gasteiger partial charge in [0.05, 0.1) is 10.7 Å². The van der Waals surface area contributed by atoms with E-state index in [1.165, 1.54) is 6.07 Å². The zero-order chi connectivity index (χ0) is 14.1. The molecule has 1 unspecified atom stereocenters. The molecule has 0 radical (unpaired) electrons. The standard InChI is InChI=1S/C14H16ClFN4/c15-11-6-9(3-4-12(11)16)13-7-14(19-18-13)20-5-1-2-10(17)8-20/h3-4,6-7,10H,1-2,5,8,17H2,(H,18,19). The number of aromatic nitrogens is 2. The maximum absolute atomic E-state index is 13.2. The number of nitrogens with zero attached hydrogens (tertiary/aromatic N) is 2. The SMILES string of the molecule is NC1CCCN(c2cc(-c3ccc(F)c(Cl)c3)[nH]n2)C1. The van der Waals surface area contributed by atoms with Gasteiger partial charge in [-0.3, -0.25) is 5.10 Å². The number of nitrogens with one attached hydrogen (secondary N) is 1. The lowest BCUT2D eigenvalue weighted by molar-refractivity contribution is 0.503. The topological polar surface area (TPSA) is 57.9 Å². The maximum atomic E-state index is 13.2. The number of anilines is 1. The van der Waals surface area contributed by atoms with E-state index in [4.69, 9.17) is 17.3 Å². The van der Waals surface area contributed by atoms with Crippen molar-refractivity contribution in [1.82, 2.24) is 10.2 Å². The molecule has 3 N–H and O–H groups in total. The largest absolute Gasteiger partial charge is 0.354 e. The van der Waals surface area contributed by atoms with Crippen molar-refractivity contribution in [3.05, 3.63) is 35.1 Å². The monoisotopic (exact) mass is 294 g/mol. The van der Waals surface area contributed by atoms with E-state index < -0.39 is 5.82 Å². The molecule has 0 amide bonds. The molecule has 1 fully saturated rings. The van der Waals surface area contributed by atoms with Crippen LogP contribution in [0.15, 0.2) is 24.3 Å². The summed E-state index contributed by atoms with van der Waals surface area (Å²) in [5.74, 6) is 0.452. The molecule has 1 aliphatic rings. The molecule has 3 rings (SSSR count). The van der Waals surface area contributed by atoms with E-state index >= 15 is 0 Å². The average Bonchev–Trinajstić information content (AvgIpc) is 2.92. The van der Waals surface area contributed by atoms with Gasteiger partial charge < -0.3 is 10.6 Å². The Bertz CT molecular complexity index is 613. The van der Waals surface area contributed by atoms with Crippen LogP contribution < -0.4 is 10.6 Å². The predicted molar refractivity (Wildman–Crippen MR) is 78.4 cm³/mol. The molecule has 0 saturated carbocycles. The van der Waals surface area contributed by atoms with Crippen LogP contribution in [0.1, 0.15) is 12.8 Å². The molecule has 0 spiro atoms. The van der Waals surface area contributed by atoms with Gasteiger partial charge in [-0.1, -0.05) is 11.6 Å². The normalized spacial score (nSPS) is 19.4. The first-order valence-electron chi connectivity index (χ1n) is 6.65. The third kappa shape index (κ3) is 2.64. The lowest BCUT2D eigenvalue weighted by Crippen LogP contribution is -2.43. The molecule has 20 heavy (non-hydrogen) atoms. The number of nitrogens with two attached hydrogens (primary N) is 1. The molecular formula is C14H16ClFN4. The number of aromatic amines is 1. The van der Waals surface area contributed by atoms with Crippen molar-refractivity contribution < 1.29 is 4.39 Å². The van der Waals surface area contributed by atoms with Gasteiger partial charge in [-0.25, -0.2) is 4.39 Å². The number of piperidine rings is 1. The van der Waals surface area contributed by atoms with Crippen molar-refractivity contribution in [2.24, 2.45) is 5.73 Å². The van der Waals surface area contributed by atoms with Crippen molar-refractivity contribution in [1.29, 1.82) is 0 Å². The summed E-state index contributed by atoms with van der Waals surface area (Å²) in [6, 6.07) is 6.77. The van der Waals surface area contributed by atoms with Gasteiger partial charge in [-0.05, 0) is 31.0 Å². The molecule has 1 aromatic heterocycles. The van der Waals surface area contributed by atoms with Crippen LogP contribution >= 0.6 is 11.6 Å². The van der Waals surface area contributed by atoms with Crippen LogP contribution in [-0.2, 0) is 0 Å². The van der Waals surface area contributed by atoms with Crippen molar-refractivity contribution in [2.45, 2.75) is 18.9 Å². The summed E-state index contributed by atoms with van der Waals surface area (Å²) in [6.07, 6.45) is 2.13. The number of hydrogen-bond acceptors (Lipinski definition) is 3. The molecule has 2 heterocycles. The second kappa shape index (κ2) is 5.42. The molecule has 0 bridgehead atoms. The summed E-state index contributed by atoms with van der Waals surface area (Å²) in [7, 11) is 0. The molecule has 1 saturated heterocycles. The summed E-state index contributed by atoms with van der Waals surface area (Å²) < 4.78 is 13.2. The van der Waals surface area contributed by atoms with Gasteiger partial charge in [-0.15, -0.1) is 0 Å². The zero-order valence-corrected chi connectivity index (χ0v) is 11.7. The summed E-state index contributed by atoms with van der Waals surface area (Å²) >= 11 is 5.80. The minimum atomic E-state index is -0.419. The number of rotatable bonds is 2. The second-order valence-electron chi connectivity index (χ2n) is 5.12. The maximum Gasteiger partial charge on any atom is 0.151 e. The molecule has 0 aliphatic carbocycles. The number of H-pyrrole nitrogens is 1. The van der Waals surface area contributed by atoms with Gasteiger partial charge in [-0.2, -0.15) is 5.10 Å². The van der Waals surface area contributed by atoms with Crippen molar-refractivity contribution in [3.8, 4) is 11.3 Å². The highest BCUT2D eigenvalue weighted by Crippen LogP contribution is 2.26. The van der Waals surface area contributed by atoms with Crippen LogP contribution in [0.3, 0.4) is 0 Å². The highest BCUT2D eigenvalue weighted by molar-refractivity contribution is 6.31. The van der Waals surface area contributed by atoms with E-state index in [0.717, 1.165) is 43.0 Å². The van der Waals surface area contributed by atoms with Crippen LogP contribution in [0.2, 0.25) is 5.02 Å². The summed E-state index contributed by atoms with van der Waals surface area (Å²) in [4.78, 5) is 2.17. The van der Waals surface area contributed by atoms with Crippen LogP contribution in [-0.4, -0.2) is 29.3 Å². The Morgan fingerprint density at radius 2 is 2.25 bits per heavy atom. The highest BCUT2D eigenvalue weighted by atomic mass is 35.5. The smallest absolute Gasteiger partial charge is 0.151 e. The first-order chi connectivity index (χ1) is 9.63. The Labute approximate surface area is 121 Å². The average molecular weight is 295 g/mol. The van der Waals surface area contributed by atoms with E-state index in [1.807, 2.05) is 6.07 Å². The quantitative estimate of drug-likeness (QED) is 0.895. The lowest BCUT2D eigenvalue weighted by atomic mass is 10.1. The predicted octanol–water partition coefficient (Wildman–Crippen LogP) is 2.80. The summed E-state index contributed by atoms with van der Waals surface area (Å²) in [5.41, 5.74) is 7.61. The van der Waals surface area contributed by atoms with Crippen LogP contribution in [0, 0.1) is 5.82 Å². The minimum Gasteiger partial charge on any atom is -0.354 e. The summed E-state index contributed by atoms with van der Waals surface area (Å²) in [5, 5.41) is 7.39. The van der Waals surface area contributed by atoms with Gasteiger partial charge in [0, 0.05) is 30.8 Å². The third-order valence-electron chi connectivity index (χ3n) is 3.58. The first-order valence-corrected chi connectivity index (χ1v) is 7.02. The van der Waals surface area contributed by atoms with Gasteiger partial charge in [0.2, 0.25) is 0 Å². The van der Waals surface area contributed by atoms with Crippen LogP contribution in [0.25, 0.3) is 11.3 Å². The molecule has 4 nitrogen and oxygen atoms in total. The molecular weight excluding hydrogens is 279 g/mol. The Morgan fingerprint density at radius 1 is 1.40 bits per heavy atom. The Morgan fingerprint density at radius 3 is 3.00 bits per heavy atom. The molecule has 2 aromatic rings. The van der Waals surface area contributed by atoms with E-state index in [-0.39, 0.29) is 11.1 Å². The first kappa shape index (κ1) is 13.4. The zero-order valence-electron chi connectivity index (χ0n) is 10.9.